The molecule has 2 aromatic carbocycles. The average Bonchev–Trinajstić information content (AvgIpc) is 3.21. The Hall–Kier alpha value is -3.70. The molecule has 0 saturated heterocycles. The molecule has 0 radical (unpaired) electrons. The Balaban J connectivity index is 1.64. The van der Waals surface area contributed by atoms with E-state index in [9.17, 15) is 19.7 Å². The fraction of sp³-hybridized carbons (Fsp3) is 0.182. The summed E-state index contributed by atoms with van der Waals surface area (Å²) in [6.07, 6.45) is 1.67. The van der Waals surface area contributed by atoms with Gasteiger partial charge in [0.15, 0.2) is 11.0 Å². The number of nitrogens with one attached hydrogen (secondary N) is 2. The summed E-state index contributed by atoms with van der Waals surface area (Å²) in [7, 11) is 0. The number of non-ortho nitro benzene ring substituents is 1. The molecule has 0 spiro atoms. The van der Waals surface area contributed by atoms with Crippen molar-refractivity contribution >= 4 is 46.6 Å². The van der Waals surface area contributed by atoms with Gasteiger partial charge in [0.25, 0.3) is 11.6 Å². The third-order valence-electron chi connectivity index (χ3n) is 4.57. The second-order valence-corrected chi connectivity index (χ2v) is 8.47. The first-order chi connectivity index (χ1) is 16.3. The summed E-state index contributed by atoms with van der Waals surface area (Å²) in [5.41, 5.74) is 0.808. The number of hydrogen-bond acceptors (Lipinski definition) is 7. The number of anilines is 1. The van der Waals surface area contributed by atoms with Crippen LogP contribution < -0.4 is 10.6 Å². The Morgan fingerprint density at radius 3 is 2.65 bits per heavy atom. The number of rotatable bonds is 10. The molecule has 0 fully saturated rings. The first kappa shape index (κ1) is 24.9. The van der Waals surface area contributed by atoms with Crippen molar-refractivity contribution in [3.8, 4) is 0 Å². The van der Waals surface area contributed by atoms with Gasteiger partial charge in [0, 0.05) is 35.0 Å². The highest BCUT2D eigenvalue weighted by Gasteiger charge is 2.20. The number of carbonyl (C=O) groups excluding carboxylic acids is 2. The number of allylic oxidation sites excluding steroid dienone is 1. The summed E-state index contributed by atoms with van der Waals surface area (Å²) in [5, 5.41) is 25.6. The van der Waals surface area contributed by atoms with E-state index < -0.39 is 11.0 Å². The quantitative estimate of drug-likeness (QED) is 0.184. The van der Waals surface area contributed by atoms with E-state index in [0.717, 1.165) is 0 Å². The van der Waals surface area contributed by atoms with E-state index in [2.05, 4.69) is 27.4 Å². The largest absolute Gasteiger partial charge is 0.342 e. The molecule has 1 aromatic heterocycles. The van der Waals surface area contributed by atoms with Gasteiger partial charge in [-0.3, -0.25) is 19.7 Å². The number of aromatic nitrogens is 3. The molecule has 0 aliphatic carbocycles. The normalized spacial score (nSPS) is 11.5. The van der Waals surface area contributed by atoms with Crippen LogP contribution in [0.5, 0.6) is 0 Å². The topological polar surface area (TPSA) is 132 Å². The summed E-state index contributed by atoms with van der Waals surface area (Å²) in [4.78, 5) is 35.1. The lowest BCUT2D eigenvalue weighted by molar-refractivity contribution is -0.384. The Labute approximate surface area is 204 Å². The molecule has 176 valence electrons. The summed E-state index contributed by atoms with van der Waals surface area (Å²) in [6, 6.07) is 11.7. The van der Waals surface area contributed by atoms with Crippen LogP contribution in [0.3, 0.4) is 0 Å². The lowest BCUT2D eigenvalue weighted by Crippen LogP contribution is -2.28. The van der Waals surface area contributed by atoms with Gasteiger partial charge in [-0.2, -0.15) is 0 Å². The Morgan fingerprint density at radius 1 is 1.26 bits per heavy atom. The minimum absolute atomic E-state index is 0.0372. The van der Waals surface area contributed by atoms with Crippen molar-refractivity contribution in [2.45, 2.75) is 24.7 Å². The molecule has 0 saturated carbocycles. The molecule has 0 aliphatic rings. The zero-order valence-electron chi connectivity index (χ0n) is 18.1. The summed E-state index contributed by atoms with van der Waals surface area (Å²) < 4.78 is 1.76. The zero-order chi connectivity index (χ0) is 24.7. The number of benzene rings is 2. The van der Waals surface area contributed by atoms with E-state index in [1.54, 1.807) is 41.8 Å². The fourth-order valence-electron chi connectivity index (χ4n) is 3.00. The Morgan fingerprint density at radius 2 is 2.00 bits per heavy atom. The van der Waals surface area contributed by atoms with Crippen LogP contribution >= 0.6 is 23.4 Å². The highest BCUT2D eigenvalue weighted by molar-refractivity contribution is 7.99. The average molecular weight is 501 g/mol. The number of halogens is 1. The van der Waals surface area contributed by atoms with Gasteiger partial charge in [0.2, 0.25) is 5.91 Å². The molecular weight excluding hydrogens is 480 g/mol. The van der Waals surface area contributed by atoms with Crippen LogP contribution in [-0.4, -0.2) is 37.3 Å². The lowest BCUT2D eigenvalue weighted by Gasteiger charge is -2.15. The second-order valence-electron chi connectivity index (χ2n) is 7.09. The van der Waals surface area contributed by atoms with E-state index in [1.165, 1.54) is 36.0 Å². The number of amides is 2. The monoisotopic (exact) mass is 500 g/mol. The van der Waals surface area contributed by atoms with Crippen molar-refractivity contribution in [3.05, 3.63) is 87.7 Å². The van der Waals surface area contributed by atoms with Gasteiger partial charge >= 0.3 is 0 Å². The lowest BCUT2D eigenvalue weighted by atomic mass is 10.2. The molecule has 0 bridgehead atoms. The van der Waals surface area contributed by atoms with E-state index >= 15 is 0 Å². The van der Waals surface area contributed by atoms with Crippen molar-refractivity contribution in [1.82, 2.24) is 20.1 Å². The molecule has 1 unspecified atom stereocenters. The third-order valence-corrected chi connectivity index (χ3v) is 5.77. The van der Waals surface area contributed by atoms with E-state index in [0.29, 0.717) is 33.8 Å². The van der Waals surface area contributed by atoms with Crippen LogP contribution in [0.2, 0.25) is 5.02 Å². The van der Waals surface area contributed by atoms with Gasteiger partial charge < -0.3 is 15.2 Å². The minimum Gasteiger partial charge on any atom is -0.342 e. The molecule has 1 heterocycles. The number of hydrogen-bond donors (Lipinski definition) is 2. The minimum atomic E-state index is -0.510. The van der Waals surface area contributed by atoms with Crippen LogP contribution in [0.1, 0.15) is 29.1 Å². The maximum atomic E-state index is 12.6. The molecule has 3 rings (SSSR count). The first-order valence-corrected chi connectivity index (χ1v) is 11.4. The molecule has 2 amide bonds. The molecule has 1 atom stereocenters. The fourth-order valence-corrected chi connectivity index (χ4v) is 3.94. The molecular formula is C22H21ClN6O4S. The van der Waals surface area contributed by atoms with Crippen LogP contribution in [0, 0.1) is 10.1 Å². The molecule has 34 heavy (non-hydrogen) atoms. The van der Waals surface area contributed by atoms with Gasteiger partial charge in [0.05, 0.1) is 16.7 Å². The molecule has 2 N–H and O–H groups in total. The van der Waals surface area contributed by atoms with Gasteiger partial charge in [-0.25, -0.2) is 0 Å². The number of thioether (sulfide) groups is 1. The molecule has 0 aliphatic heterocycles. The molecule has 10 nitrogen and oxygen atoms in total. The van der Waals surface area contributed by atoms with Gasteiger partial charge in [0.1, 0.15) is 0 Å². The summed E-state index contributed by atoms with van der Waals surface area (Å²) in [5.74, 6) is -0.0700. The maximum absolute atomic E-state index is 12.6. The number of carbonyl (C=O) groups is 2. The van der Waals surface area contributed by atoms with Crippen LogP contribution in [0.15, 0.2) is 66.3 Å². The van der Waals surface area contributed by atoms with E-state index in [4.69, 9.17) is 11.6 Å². The smallest absolute Gasteiger partial charge is 0.269 e. The van der Waals surface area contributed by atoms with Crippen molar-refractivity contribution in [2.24, 2.45) is 0 Å². The second kappa shape index (κ2) is 11.4. The van der Waals surface area contributed by atoms with Crippen molar-refractivity contribution in [3.63, 3.8) is 0 Å². The standard InChI is InChI=1S/C22H21ClN6O4S/c1-3-11-28-20(14(2)24-21(31)15-5-4-6-16(23)12-15)26-27-22(28)34-13-19(30)25-17-7-9-18(10-8-17)29(32)33/h3-10,12,14H,1,11,13H2,2H3,(H,24,31)(H,25,30). The van der Waals surface area contributed by atoms with Crippen LogP contribution in [0.25, 0.3) is 0 Å². The predicted molar refractivity (Wildman–Crippen MR) is 130 cm³/mol. The maximum Gasteiger partial charge on any atom is 0.269 e. The number of nitro benzene ring substituents is 1. The SMILES string of the molecule is C=CCn1c(SCC(=O)Nc2ccc([N+](=O)[O-])cc2)nnc1C(C)NC(=O)c1cccc(Cl)c1. The van der Waals surface area contributed by atoms with Gasteiger partial charge in [-0.05, 0) is 37.3 Å². The van der Waals surface area contributed by atoms with E-state index in [-0.39, 0.29) is 23.3 Å². The number of nitrogens with zero attached hydrogens (tertiary/aromatic N) is 4. The van der Waals surface area contributed by atoms with Gasteiger partial charge in [-0.1, -0.05) is 35.5 Å². The zero-order valence-corrected chi connectivity index (χ0v) is 19.7. The van der Waals surface area contributed by atoms with Crippen molar-refractivity contribution in [2.75, 3.05) is 11.1 Å². The van der Waals surface area contributed by atoms with Crippen LogP contribution in [0.4, 0.5) is 11.4 Å². The Kier molecular flexibility index (Phi) is 8.39. The van der Waals surface area contributed by atoms with Crippen molar-refractivity contribution < 1.29 is 14.5 Å². The summed E-state index contributed by atoms with van der Waals surface area (Å²) in [6.45, 7) is 5.91. The molecule has 12 heteroatoms. The van der Waals surface area contributed by atoms with Crippen molar-refractivity contribution in [1.29, 1.82) is 0 Å². The van der Waals surface area contributed by atoms with Gasteiger partial charge in [-0.15, -0.1) is 16.8 Å². The third kappa shape index (κ3) is 6.42. The highest BCUT2D eigenvalue weighted by Crippen LogP contribution is 2.22. The van der Waals surface area contributed by atoms with Crippen LogP contribution in [-0.2, 0) is 11.3 Å². The first-order valence-electron chi connectivity index (χ1n) is 10.1. The highest BCUT2D eigenvalue weighted by atomic mass is 35.5. The number of nitro groups is 1. The molecule has 3 aromatic rings. The summed E-state index contributed by atoms with van der Waals surface area (Å²) >= 11 is 7.13. The predicted octanol–water partition coefficient (Wildman–Crippen LogP) is 4.25. The van der Waals surface area contributed by atoms with E-state index in [1.807, 2.05) is 0 Å². The Bertz CT molecular complexity index is 1210.